The van der Waals surface area contributed by atoms with Crippen molar-refractivity contribution in [2.45, 2.75) is 40.2 Å². The van der Waals surface area contributed by atoms with Crippen molar-refractivity contribution in [1.82, 2.24) is 10.2 Å². The average Bonchev–Trinajstić information content (AvgIpc) is 3.14. The third-order valence-electron chi connectivity index (χ3n) is 5.16. The highest BCUT2D eigenvalue weighted by Crippen LogP contribution is 2.22. The third kappa shape index (κ3) is 5.13. The van der Waals surface area contributed by atoms with E-state index in [-0.39, 0.29) is 5.91 Å². The minimum absolute atomic E-state index is 0.0188. The lowest BCUT2D eigenvalue weighted by Gasteiger charge is -2.31. The summed E-state index contributed by atoms with van der Waals surface area (Å²) in [5.74, 6) is 2.55. The Kier molecular flexibility index (Phi) is 6.56. The topological polar surface area (TPSA) is 54.7 Å². The van der Waals surface area contributed by atoms with Gasteiger partial charge in [-0.1, -0.05) is 24.6 Å². The molecule has 3 rings (SSSR count). The number of furan rings is 1. The summed E-state index contributed by atoms with van der Waals surface area (Å²) in [7, 11) is 0. The minimum Gasteiger partial charge on any atom is -0.485 e. The smallest absolute Gasteiger partial charge is 0.289 e. The van der Waals surface area contributed by atoms with Gasteiger partial charge < -0.3 is 19.4 Å². The van der Waals surface area contributed by atoms with Gasteiger partial charge in [-0.15, -0.1) is 0 Å². The third-order valence-corrected chi connectivity index (χ3v) is 5.16. The Morgan fingerprint density at radius 1 is 1.22 bits per heavy atom. The fourth-order valence-electron chi connectivity index (χ4n) is 3.53. The van der Waals surface area contributed by atoms with Crippen molar-refractivity contribution in [1.29, 1.82) is 0 Å². The van der Waals surface area contributed by atoms with Gasteiger partial charge in [0.05, 0.1) is 0 Å². The number of benzene rings is 1. The van der Waals surface area contributed by atoms with Gasteiger partial charge in [0.2, 0.25) is 0 Å². The molecule has 5 nitrogen and oxygen atoms in total. The highest BCUT2D eigenvalue weighted by Gasteiger charge is 2.25. The summed E-state index contributed by atoms with van der Waals surface area (Å²) in [5, 5.41) is 3.40. The fourth-order valence-corrected chi connectivity index (χ4v) is 3.53. The Hall–Kier alpha value is -2.27. The van der Waals surface area contributed by atoms with Crippen LogP contribution in [-0.2, 0) is 6.61 Å². The first kappa shape index (κ1) is 19.5. The second-order valence-corrected chi connectivity index (χ2v) is 7.37. The highest BCUT2D eigenvalue weighted by molar-refractivity contribution is 5.91. The van der Waals surface area contributed by atoms with Gasteiger partial charge in [0.25, 0.3) is 5.91 Å². The molecule has 5 heteroatoms. The van der Waals surface area contributed by atoms with Crippen LogP contribution >= 0.6 is 0 Å². The van der Waals surface area contributed by atoms with Crippen LogP contribution in [0, 0.1) is 19.8 Å². The number of piperidine rings is 1. The molecule has 27 heavy (non-hydrogen) atoms. The number of ether oxygens (including phenoxy) is 1. The number of rotatable bonds is 7. The van der Waals surface area contributed by atoms with Crippen LogP contribution in [-0.4, -0.2) is 37.0 Å². The van der Waals surface area contributed by atoms with Crippen molar-refractivity contribution >= 4 is 5.91 Å². The van der Waals surface area contributed by atoms with Crippen LogP contribution in [0.1, 0.15) is 47.2 Å². The van der Waals surface area contributed by atoms with E-state index in [0.29, 0.717) is 24.0 Å². The Balaban J connectivity index is 1.52. The monoisotopic (exact) mass is 370 g/mol. The molecule has 1 saturated heterocycles. The minimum atomic E-state index is -0.0188. The highest BCUT2D eigenvalue weighted by atomic mass is 16.5. The molecule has 1 amide bonds. The second-order valence-electron chi connectivity index (χ2n) is 7.37. The Morgan fingerprint density at radius 2 is 2.00 bits per heavy atom. The van der Waals surface area contributed by atoms with E-state index in [0.717, 1.165) is 50.3 Å². The number of carbonyl (C=O) groups is 1. The summed E-state index contributed by atoms with van der Waals surface area (Å²) >= 11 is 0. The molecule has 0 aliphatic carbocycles. The van der Waals surface area contributed by atoms with Gasteiger partial charge in [-0.2, -0.15) is 0 Å². The predicted molar refractivity (Wildman–Crippen MR) is 106 cm³/mol. The van der Waals surface area contributed by atoms with Gasteiger partial charge in [-0.3, -0.25) is 4.79 Å². The molecule has 2 aromatic rings. The SMILES string of the molecule is CCNCC1CCN(C(=O)c2ccc(COc3ccc(C)cc3C)o2)CC1. The van der Waals surface area contributed by atoms with E-state index in [9.17, 15) is 4.79 Å². The molecule has 0 unspecified atom stereocenters. The first-order chi connectivity index (χ1) is 13.1. The molecule has 0 saturated carbocycles. The first-order valence-electron chi connectivity index (χ1n) is 9.85. The molecular formula is C22H30N2O3. The van der Waals surface area contributed by atoms with E-state index in [4.69, 9.17) is 9.15 Å². The predicted octanol–water partition coefficient (Wildman–Crippen LogP) is 3.94. The number of carbonyl (C=O) groups excluding carboxylic acids is 1. The van der Waals surface area contributed by atoms with Gasteiger partial charge in [0, 0.05) is 13.1 Å². The molecule has 1 aliphatic heterocycles. The fraction of sp³-hybridized carbons (Fsp3) is 0.500. The molecule has 146 valence electrons. The first-order valence-corrected chi connectivity index (χ1v) is 9.85. The Morgan fingerprint density at radius 3 is 2.70 bits per heavy atom. The molecule has 1 N–H and O–H groups in total. The lowest BCUT2D eigenvalue weighted by atomic mass is 9.96. The maximum Gasteiger partial charge on any atom is 0.289 e. The van der Waals surface area contributed by atoms with Crippen LogP contribution < -0.4 is 10.1 Å². The number of hydrogen-bond acceptors (Lipinski definition) is 4. The van der Waals surface area contributed by atoms with E-state index in [1.807, 2.05) is 30.0 Å². The van der Waals surface area contributed by atoms with Crippen molar-refractivity contribution in [3.05, 3.63) is 53.0 Å². The summed E-state index contributed by atoms with van der Waals surface area (Å²) < 4.78 is 11.6. The number of hydrogen-bond donors (Lipinski definition) is 1. The van der Waals surface area contributed by atoms with Gasteiger partial charge in [0.1, 0.15) is 18.1 Å². The zero-order chi connectivity index (χ0) is 19.2. The zero-order valence-corrected chi connectivity index (χ0v) is 16.6. The van der Waals surface area contributed by atoms with E-state index >= 15 is 0 Å². The van der Waals surface area contributed by atoms with Crippen LogP contribution in [0.5, 0.6) is 5.75 Å². The van der Waals surface area contributed by atoms with Gasteiger partial charge in [-0.05, 0) is 69.5 Å². The summed E-state index contributed by atoms with van der Waals surface area (Å²) in [6.07, 6.45) is 2.09. The molecule has 1 aromatic heterocycles. The van der Waals surface area contributed by atoms with E-state index in [1.54, 1.807) is 6.07 Å². The lowest BCUT2D eigenvalue weighted by molar-refractivity contribution is 0.0654. The molecule has 0 spiro atoms. The molecule has 0 radical (unpaired) electrons. The normalized spacial score (nSPS) is 15.1. The van der Waals surface area contributed by atoms with Crippen LogP contribution in [0.25, 0.3) is 0 Å². The number of nitrogens with one attached hydrogen (secondary N) is 1. The van der Waals surface area contributed by atoms with Crippen LogP contribution in [0.3, 0.4) is 0 Å². The largest absolute Gasteiger partial charge is 0.485 e. The van der Waals surface area contributed by atoms with Crippen LogP contribution in [0.2, 0.25) is 0 Å². The van der Waals surface area contributed by atoms with Crippen molar-refractivity contribution < 1.29 is 13.9 Å². The Bertz CT molecular complexity index is 761. The van der Waals surface area contributed by atoms with E-state index in [2.05, 4.69) is 25.2 Å². The van der Waals surface area contributed by atoms with Crippen LogP contribution in [0.15, 0.2) is 34.7 Å². The van der Waals surface area contributed by atoms with Gasteiger partial charge in [0.15, 0.2) is 5.76 Å². The van der Waals surface area contributed by atoms with Crippen LogP contribution in [0.4, 0.5) is 0 Å². The molecular weight excluding hydrogens is 340 g/mol. The second kappa shape index (κ2) is 9.09. The van der Waals surface area contributed by atoms with Gasteiger partial charge in [-0.25, -0.2) is 0 Å². The molecule has 1 fully saturated rings. The summed E-state index contributed by atoms with van der Waals surface area (Å²) in [6.45, 7) is 10.2. The van der Waals surface area contributed by atoms with E-state index in [1.165, 1.54) is 5.56 Å². The van der Waals surface area contributed by atoms with Crippen molar-refractivity contribution in [2.24, 2.45) is 5.92 Å². The molecule has 2 heterocycles. The number of nitrogens with zero attached hydrogens (tertiary/aromatic N) is 1. The van der Waals surface area contributed by atoms with Crippen molar-refractivity contribution in [3.63, 3.8) is 0 Å². The quantitative estimate of drug-likeness (QED) is 0.802. The maximum atomic E-state index is 12.7. The zero-order valence-electron chi connectivity index (χ0n) is 16.6. The van der Waals surface area contributed by atoms with E-state index < -0.39 is 0 Å². The molecule has 0 atom stereocenters. The maximum absolute atomic E-state index is 12.7. The molecule has 1 aliphatic rings. The van der Waals surface area contributed by atoms with Crippen molar-refractivity contribution in [2.75, 3.05) is 26.2 Å². The summed E-state index contributed by atoms with van der Waals surface area (Å²) in [4.78, 5) is 14.6. The number of aryl methyl sites for hydroxylation is 2. The van der Waals surface area contributed by atoms with Crippen molar-refractivity contribution in [3.8, 4) is 5.75 Å². The summed E-state index contributed by atoms with van der Waals surface area (Å²) in [5.41, 5.74) is 2.30. The standard InChI is InChI=1S/C22H30N2O3/c1-4-23-14-18-9-11-24(12-10-18)22(25)21-8-6-19(27-21)15-26-20-7-5-16(2)13-17(20)3/h5-8,13,18,23H,4,9-12,14-15H2,1-3H3. The number of likely N-dealkylation sites (tertiary alicyclic amines) is 1. The molecule has 0 bridgehead atoms. The average molecular weight is 370 g/mol. The lowest BCUT2D eigenvalue weighted by Crippen LogP contribution is -2.40. The molecule has 1 aromatic carbocycles. The van der Waals surface area contributed by atoms with Gasteiger partial charge >= 0.3 is 0 Å². The summed E-state index contributed by atoms with van der Waals surface area (Å²) in [6, 6.07) is 9.67. The number of amides is 1. The Labute approximate surface area is 161 Å².